The standard InChI is InChI=1S/C28H25FN4O3/c29-22-7-8-24-23(16-22)26(21-4-2-1-3-5-21)27(25(34)9-6-20-17-30-19-31-18-20)28(35)33(24)11-10-32-12-14-36-15-13-32/h1-9,16-19H,10-15H2/b9-6+. The fourth-order valence-electron chi connectivity index (χ4n) is 4.50. The smallest absolute Gasteiger partial charge is 0.262 e. The van der Waals surface area contributed by atoms with Gasteiger partial charge in [0, 0.05) is 55.1 Å². The number of morpholine rings is 1. The molecular weight excluding hydrogens is 459 g/mol. The quantitative estimate of drug-likeness (QED) is 0.293. The first-order valence-corrected chi connectivity index (χ1v) is 11.8. The van der Waals surface area contributed by atoms with Crippen molar-refractivity contribution in [2.24, 2.45) is 0 Å². The zero-order chi connectivity index (χ0) is 24.9. The van der Waals surface area contributed by atoms with E-state index in [2.05, 4.69) is 14.9 Å². The molecule has 1 fully saturated rings. The summed E-state index contributed by atoms with van der Waals surface area (Å²) in [6.45, 7) is 3.82. The van der Waals surface area contributed by atoms with Gasteiger partial charge in [-0.2, -0.15) is 0 Å². The lowest BCUT2D eigenvalue weighted by atomic mass is 9.93. The van der Waals surface area contributed by atoms with E-state index in [-0.39, 0.29) is 5.56 Å². The van der Waals surface area contributed by atoms with E-state index in [9.17, 15) is 14.0 Å². The molecule has 0 aliphatic carbocycles. The highest BCUT2D eigenvalue weighted by atomic mass is 19.1. The predicted octanol–water partition coefficient (Wildman–Crippen LogP) is 3.83. The number of nitrogens with zero attached hydrogens (tertiary/aromatic N) is 4. The summed E-state index contributed by atoms with van der Waals surface area (Å²) in [5, 5.41) is 0.516. The Bertz CT molecular complexity index is 1460. The maximum absolute atomic E-state index is 14.5. The second kappa shape index (κ2) is 10.7. The Morgan fingerprint density at radius 1 is 1.03 bits per heavy atom. The van der Waals surface area contributed by atoms with Crippen molar-refractivity contribution < 1.29 is 13.9 Å². The van der Waals surface area contributed by atoms with Gasteiger partial charge >= 0.3 is 0 Å². The van der Waals surface area contributed by atoms with Crippen molar-refractivity contribution >= 4 is 22.8 Å². The number of ether oxygens (including phenoxy) is 1. The van der Waals surface area contributed by atoms with Gasteiger partial charge in [-0.15, -0.1) is 0 Å². The van der Waals surface area contributed by atoms with Gasteiger partial charge in [0.15, 0.2) is 5.78 Å². The highest BCUT2D eigenvalue weighted by Gasteiger charge is 2.23. The summed E-state index contributed by atoms with van der Waals surface area (Å²) in [5.74, 6) is -0.901. The summed E-state index contributed by atoms with van der Waals surface area (Å²) in [7, 11) is 0. The number of allylic oxidation sites excluding steroid dienone is 1. The molecule has 0 saturated carbocycles. The van der Waals surface area contributed by atoms with Gasteiger partial charge in [-0.3, -0.25) is 14.5 Å². The third-order valence-electron chi connectivity index (χ3n) is 6.29. The number of carbonyl (C=O) groups is 1. The molecular formula is C28H25FN4O3. The van der Waals surface area contributed by atoms with Crippen LogP contribution < -0.4 is 5.56 Å². The minimum atomic E-state index is -0.464. The minimum Gasteiger partial charge on any atom is -0.379 e. The van der Waals surface area contributed by atoms with Crippen LogP contribution in [0.2, 0.25) is 0 Å². The molecule has 1 aliphatic heterocycles. The van der Waals surface area contributed by atoms with E-state index in [1.165, 1.54) is 24.5 Å². The number of pyridine rings is 1. The van der Waals surface area contributed by atoms with Gasteiger partial charge in [-0.05, 0) is 35.9 Å². The average molecular weight is 485 g/mol. The van der Waals surface area contributed by atoms with Gasteiger partial charge in [0.2, 0.25) is 0 Å². The molecule has 5 rings (SSSR count). The van der Waals surface area contributed by atoms with E-state index in [1.54, 1.807) is 29.1 Å². The van der Waals surface area contributed by atoms with E-state index in [4.69, 9.17) is 4.74 Å². The zero-order valence-corrected chi connectivity index (χ0v) is 19.6. The number of aromatic nitrogens is 3. The molecule has 4 aromatic rings. The number of halogens is 1. The number of carbonyl (C=O) groups excluding carboxylic acids is 1. The zero-order valence-electron chi connectivity index (χ0n) is 19.6. The van der Waals surface area contributed by atoms with Crippen LogP contribution in [0.15, 0.2) is 78.1 Å². The molecule has 2 aromatic carbocycles. The molecule has 8 heteroatoms. The Hall–Kier alpha value is -4.01. The van der Waals surface area contributed by atoms with E-state index in [1.807, 2.05) is 30.3 Å². The summed E-state index contributed by atoms with van der Waals surface area (Å²) in [5.41, 5.74) is 1.92. The van der Waals surface area contributed by atoms with Crippen LogP contribution in [-0.2, 0) is 11.3 Å². The van der Waals surface area contributed by atoms with Crippen molar-refractivity contribution in [2.45, 2.75) is 6.54 Å². The molecule has 0 spiro atoms. The summed E-state index contributed by atoms with van der Waals surface area (Å²) in [6, 6.07) is 13.5. The molecule has 7 nitrogen and oxygen atoms in total. The van der Waals surface area contributed by atoms with Crippen LogP contribution in [-0.4, -0.2) is 58.1 Å². The molecule has 36 heavy (non-hydrogen) atoms. The number of fused-ring (bicyclic) bond motifs is 1. The highest BCUT2D eigenvalue weighted by Crippen LogP contribution is 2.31. The Kier molecular flexibility index (Phi) is 7.06. The first-order valence-electron chi connectivity index (χ1n) is 11.8. The molecule has 182 valence electrons. The van der Waals surface area contributed by atoms with E-state index >= 15 is 0 Å². The molecule has 1 saturated heterocycles. The molecule has 3 heterocycles. The Morgan fingerprint density at radius 2 is 1.78 bits per heavy atom. The molecule has 0 radical (unpaired) electrons. The number of benzene rings is 2. The van der Waals surface area contributed by atoms with Crippen molar-refractivity contribution in [3.8, 4) is 11.1 Å². The first-order chi connectivity index (χ1) is 17.6. The number of hydrogen-bond acceptors (Lipinski definition) is 6. The lowest BCUT2D eigenvalue weighted by Crippen LogP contribution is -2.40. The minimum absolute atomic E-state index is 0.00868. The average Bonchev–Trinajstić information content (AvgIpc) is 2.92. The van der Waals surface area contributed by atoms with Crippen molar-refractivity contribution in [1.82, 2.24) is 19.4 Å². The van der Waals surface area contributed by atoms with Crippen molar-refractivity contribution in [2.75, 3.05) is 32.8 Å². The van der Waals surface area contributed by atoms with E-state index in [0.29, 0.717) is 53.9 Å². The number of rotatable bonds is 7. The summed E-state index contributed by atoms with van der Waals surface area (Å²) >= 11 is 0. The monoisotopic (exact) mass is 484 g/mol. The summed E-state index contributed by atoms with van der Waals surface area (Å²) in [4.78, 5) is 37.6. The van der Waals surface area contributed by atoms with Crippen LogP contribution in [0.3, 0.4) is 0 Å². The van der Waals surface area contributed by atoms with Crippen molar-refractivity contribution in [3.05, 3.63) is 101 Å². The molecule has 0 amide bonds. The van der Waals surface area contributed by atoms with Crippen LogP contribution in [0.5, 0.6) is 0 Å². The van der Waals surface area contributed by atoms with E-state index < -0.39 is 17.2 Å². The summed E-state index contributed by atoms with van der Waals surface area (Å²) in [6.07, 6.45) is 7.47. The Morgan fingerprint density at radius 3 is 2.53 bits per heavy atom. The topological polar surface area (TPSA) is 77.3 Å². The predicted molar refractivity (Wildman–Crippen MR) is 136 cm³/mol. The highest BCUT2D eigenvalue weighted by molar-refractivity contribution is 6.15. The molecule has 0 N–H and O–H groups in total. The fourth-order valence-corrected chi connectivity index (χ4v) is 4.50. The molecule has 2 aromatic heterocycles. The van der Waals surface area contributed by atoms with Crippen LogP contribution in [0.4, 0.5) is 4.39 Å². The number of ketones is 1. The molecule has 1 aliphatic rings. The van der Waals surface area contributed by atoms with Crippen molar-refractivity contribution in [3.63, 3.8) is 0 Å². The van der Waals surface area contributed by atoms with Gasteiger partial charge in [-0.1, -0.05) is 30.3 Å². The van der Waals surface area contributed by atoms with Gasteiger partial charge in [0.1, 0.15) is 12.1 Å². The van der Waals surface area contributed by atoms with Gasteiger partial charge in [-0.25, -0.2) is 14.4 Å². The summed E-state index contributed by atoms with van der Waals surface area (Å²) < 4.78 is 21.5. The molecule has 0 atom stereocenters. The SMILES string of the molecule is O=C(/C=C/c1cncnc1)c1c(-c2ccccc2)c2cc(F)ccc2n(CCN2CCOCC2)c1=O. The first kappa shape index (κ1) is 23.7. The Labute approximate surface area is 207 Å². The lowest BCUT2D eigenvalue weighted by Gasteiger charge is -2.27. The third kappa shape index (κ3) is 5.00. The van der Waals surface area contributed by atoms with Crippen LogP contribution >= 0.6 is 0 Å². The van der Waals surface area contributed by atoms with Gasteiger partial charge in [0.25, 0.3) is 5.56 Å². The van der Waals surface area contributed by atoms with Crippen LogP contribution in [0.25, 0.3) is 28.1 Å². The van der Waals surface area contributed by atoms with E-state index in [0.717, 1.165) is 13.1 Å². The molecule has 0 bridgehead atoms. The van der Waals surface area contributed by atoms with Crippen molar-refractivity contribution in [1.29, 1.82) is 0 Å². The van der Waals surface area contributed by atoms with Crippen LogP contribution in [0.1, 0.15) is 15.9 Å². The van der Waals surface area contributed by atoms with Crippen LogP contribution in [0, 0.1) is 5.82 Å². The normalized spacial score (nSPS) is 14.5. The lowest BCUT2D eigenvalue weighted by molar-refractivity contribution is 0.0364. The number of hydrogen-bond donors (Lipinski definition) is 0. The largest absolute Gasteiger partial charge is 0.379 e. The second-order valence-electron chi connectivity index (χ2n) is 8.56. The second-order valence-corrected chi connectivity index (χ2v) is 8.56. The maximum Gasteiger partial charge on any atom is 0.262 e. The third-order valence-corrected chi connectivity index (χ3v) is 6.29. The van der Waals surface area contributed by atoms with Gasteiger partial charge in [0.05, 0.1) is 24.3 Å². The molecule has 0 unspecified atom stereocenters. The Balaban J connectivity index is 1.68. The fraction of sp³-hybridized carbons (Fsp3) is 0.214. The van der Waals surface area contributed by atoms with Gasteiger partial charge < -0.3 is 9.30 Å². The maximum atomic E-state index is 14.5.